The smallest absolute Gasteiger partial charge is 0.181 e. The van der Waals surface area contributed by atoms with Crippen LogP contribution >= 0.6 is 0 Å². The van der Waals surface area contributed by atoms with Gasteiger partial charge < -0.3 is 4.42 Å². The second-order valence-corrected chi connectivity index (χ2v) is 9.58. The van der Waals surface area contributed by atoms with Crippen molar-refractivity contribution in [1.29, 1.82) is 0 Å². The zero-order valence-corrected chi connectivity index (χ0v) is 17.8. The van der Waals surface area contributed by atoms with Crippen LogP contribution in [0.2, 0.25) is 0 Å². The maximum Gasteiger partial charge on any atom is 0.181 e. The molecular formula is C25H22FNO3S. The van der Waals surface area contributed by atoms with Crippen LogP contribution < -0.4 is 0 Å². The van der Waals surface area contributed by atoms with E-state index in [1.54, 1.807) is 24.3 Å². The van der Waals surface area contributed by atoms with E-state index in [0.717, 1.165) is 22.5 Å². The molecule has 0 fully saturated rings. The summed E-state index contributed by atoms with van der Waals surface area (Å²) in [5.41, 5.74) is 3.68. The van der Waals surface area contributed by atoms with Crippen LogP contribution in [0.25, 0.3) is 11.3 Å². The maximum atomic E-state index is 13.3. The Bertz CT molecular complexity index is 1250. The zero-order chi connectivity index (χ0) is 21.8. The third kappa shape index (κ3) is 5.09. The van der Waals surface area contributed by atoms with Crippen molar-refractivity contribution in [2.45, 2.75) is 23.7 Å². The normalized spacial score (nSPS) is 12.6. The fourth-order valence-corrected chi connectivity index (χ4v) is 4.30. The van der Waals surface area contributed by atoms with E-state index in [9.17, 15) is 12.8 Å². The summed E-state index contributed by atoms with van der Waals surface area (Å²) in [6, 6.07) is 23.3. The molecule has 3 aromatic carbocycles. The number of sulfone groups is 1. The van der Waals surface area contributed by atoms with E-state index in [-0.39, 0.29) is 11.7 Å². The molecule has 0 saturated carbocycles. The van der Waals surface area contributed by atoms with Gasteiger partial charge in [-0.1, -0.05) is 42.5 Å². The van der Waals surface area contributed by atoms with Gasteiger partial charge in [-0.05, 0) is 59.9 Å². The highest BCUT2D eigenvalue weighted by molar-refractivity contribution is 7.90. The van der Waals surface area contributed by atoms with Gasteiger partial charge in [0.2, 0.25) is 0 Å². The van der Waals surface area contributed by atoms with Gasteiger partial charge in [-0.3, -0.25) is 0 Å². The monoisotopic (exact) mass is 435 g/mol. The van der Waals surface area contributed by atoms with Gasteiger partial charge in [0.15, 0.2) is 16.2 Å². The highest BCUT2D eigenvalue weighted by atomic mass is 32.2. The summed E-state index contributed by atoms with van der Waals surface area (Å²) in [6.45, 7) is 0. The third-order valence-electron chi connectivity index (χ3n) is 5.29. The fraction of sp³-hybridized carbons (Fsp3) is 0.160. The number of oxazole rings is 1. The first kappa shape index (κ1) is 21.0. The lowest BCUT2D eigenvalue weighted by molar-refractivity contribution is 0.481. The van der Waals surface area contributed by atoms with Crippen LogP contribution in [0.1, 0.15) is 22.8 Å². The minimum absolute atomic E-state index is 0.0948. The van der Waals surface area contributed by atoms with Crippen LogP contribution in [0.3, 0.4) is 0 Å². The molecule has 0 bridgehead atoms. The predicted molar refractivity (Wildman–Crippen MR) is 118 cm³/mol. The van der Waals surface area contributed by atoms with E-state index in [1.807, 2.05) is 30.3 Å². The molecule has 4 aromatic rings. The largest absolute Gasteiger partial charge is 0.448 e. The quantitative estimate of drug-likeness (QED) is 0.387. The topological polar surface area (TPSA) is 60.2 Å². The molecule has 1 atom stereocenters. The lowest BCUT2D eigenvalue weighted by Gasteiger charge is -2.17. The van der Waals surface area contributed by atoms with Crippen LogP contribution in [0.15, 0.2) is 94.6 Å². The van der Waals surface area contributed by atoms with Gasteiger partial charge in [-0.2, -0.15) is 0 Å². The summed E-state index contributed by atoms with van der Waals surface area (Å²) >= 11 is 0. The Kier molecular flexibility index (Phi) is 6.00. The first-order valence-corrected chi connectivity index (χ1v) is 11.8. The summed E-state index contributed by atoms with van der Waals surface area (Å²) in [5.74, 6) is 0.527. The van der Waals surface area contributed by atoms with E-state index < -0.39 is 9.84 Å². The highest BCUT2D eigenvalue weighted by Gasteiger charge is 2.19. The minimum Gasteiger partial charge on any atom is -0.448 e. The fourth-order valence-electron chi connectivity index (χ4n) is 3.67. The lowest BCUT2D eigenvalue weighted by atomic mass is 9.87. The van der Waals surface area contributed by atoms with Crippen molar-refractivity contribution in [2.75, 3.05) is 6.26 Å². The summed E-state index contributed by atoms with van der Waals surface area (Å²) in [7, 11) is -3.23. The van der Waals surface area contributed by atoms with Crippen molar-refractivity contribution in [3.63, 3.8) is 0 Å². The van der Waals surface area contributed by atoms with E-state index in [4.69, 9.17) is 4.42 Å². The molecule has 0 N–H and O–H groups in total. The van der Waals surface area contributed by atoms with Crippen molar-refractivity contribution in [1.82, 2.24) is 4.98 Å². The highest BCUT2D eigenvalue weighted by Crippen LogP contribution is 2.30. The van der Waals surface area contributed by atoms with Crippen LogP contribution in [0.5, 0.6) is 0 Å². The Hall–Kier alpha value is -3.25. The molecular weight excluding hydrogens is 413 g/mol. The molecule has 4 rings (SSSR count). The molecule has 1 aromatic heterocycles. The van der Waals surface area contributed by atoms with E-state index in [1.165, 1.54) is 24.8 Å². The molecule has 31 heavy (non-hydrogen) atoms. The molecule has 0 aliphatic carbocycles. The molecule has 0 aliphatic rings. The molecule has 0 saturated heterocycles. The molecule has 158 valence electrons. The Morgan fingerprint density at radius 3 is 2.23 bits per heavy atom. The average molecular weight is 436 g/mol. The number of rotatable bonds is 7. The van der Waals surface area contributed by atoms with E-state index in [2.05, 4.69) is 17.1 Å². The molecule has 1 heterocycles. The average Bonchev–Trinajstić information content (AvgIpc) is 3.22. The number of halogens is 1. The van der Waals surface area contributed by atoms with Crippen molar-refractivity contribution in [2.24, 2.45) is 0 Å². The van der Waals surface area contributed by atoms with Crippen molar-refractivity contribution < 1.29 is 17.2 Å². The number of benzene rings is 3. The zero-order valence-electron chi connectivity index (χ0n) is 17.0. The molecule has 0 radical (unpaired) electrons. The number of nitrogens with zero attached hydrogens (tertiary/aromatic N) is 1. The number of hydrogen-bond acceptors (Lipinski definition) is 4. The molecule has 0 spiro atoms. The standard InChI is InChI=1S/C25H22FNO3S/c1-31(28,29)23-13-7-18(8-14-23)15-21(19-5-3-2-4-6-19)16-24-25(27-17-30-24)20-9-11-22(26)12-10-20/h2-14,17,21H,15-16H2,1H3. The second-order valence-electron chi connectivity index (χ2n) is 7.56. The second kappa shape index (κ2) is 8.86. The van der Waals surface area contributed by atoms with E-state index in [0.29, 0.717) is 23.4 Å². The lowest BCUT2D eigenvalue weighted by Crippen LogP contribution is -2.07. The van der Waals surface area contributed by atoms with Gasteiger partial charge in [0, 0.05) is 18.2 Å². The first-order valence-electron chi connectivity index (χ1n) is 9.92. The van der Waals surface area contributed by atoms with Gasteiger partial charge in [0.25, 0.3) is 0 Å². The van der Waals surface area contributed by atoms with Gasteiger partial charge in [0.05, 0.1) is 4.90 Å². The summed E-state index contributed by atoms with van der Waals surface area (Å²) < 4.78 is 42.5. The van der Waals surface area contributed by atoms with Crippen LogP contribution in [0.4, 0.5) is 4.39 Å². The Morgan fingerprint density at radius 2 is 1.58 bits per heavy atom. The Balaban J connectivity index is 1.63. The van der Waals surface area contributed by atoms with Crippen molar-refractivity contribution >= 4 is 9.84 Å². The molecule has 1 unspecified atom stereocenters. The number of aromatic nitrogens is 1. The first-order chi connectivity index (χ1) is 14.9. The summed E-state index contributed by atoms with van der Waals surface area (Å²) in [6.07, 6.45) is 3.93. The van der Waals surface area contributed by atoms with Crippen molar-refractivity contribution in [3.8, 4) is 11.3 Å². The van der Waals surface area contributed by atoms with Crippen LogP contribution in [0, 0.1) is 5.82 Å². The number of hydrogen-bond donors (Lipinski definition) is 0. The van der Waals surface area contributed by atoms with E-state index >= 15 is 0 Å². The maximum absolute atomic E-state index is 13.3. The molecule has 0 aliphatic heterocycles. The summed E-state index contributed by atoms with van der Waals surface area (Å²) in [5, 5.41) is 0. The van der Waals surface area contributed by atoms with Crippen LogP contribution in [-0.2, 0) is 22.7 Å². The van der Waals surface area contributed by atoms with Crippen LogP contribution in [-0.4, -0.2) is 19.7 Å². The Labute approximate surface area is 181 Å². The summed E-state index contributed by atoms with van der Waals surface area (Å²) in [4.78, 5) is 4.66. The van der Waals surface area contributed by atoms with Gasteiger partial charge in [-0.25, -0.2) is 17.8 Å². The third-order valence-corrected chi connectivity index (χ3v) is 6.42. The minimum atomic E-state index is -3.23. The molecule has 6 heteroatoms. The predicted octanol–water partition coefficient (Wildman–Crippen LogP) is 5.45. The van der Waals surface area contributed by atoms with Gasteiger partial charge in [0.1, 0.15) is 17.3 Å². The molecule has 0 amide bonds. The Morgan fingerprint density at radius 1 is 0.903 bits per heavy atom. The molecule has 4 nitrogen and oxygen atoms in total. The van der Waals surface area contributed by atoms with Crippen molar-refractivity contribution in [3.05, 3.63) is 108 Å². The van der Waals surface area contributed by atoms with Gasteiger partial charge >= 0.3 is 0 Å². The van der Waals surface area contributed by atoms with Gasteiger partial charge in [-0.15, -0.1) is 0 Å². The SMILES string of the molecule is CS(=O)(=O)c1ccc(CC(Cc2ocnc2-c2ccc(F)cc2)c2ccccc2)cc1.